The quantitative estimate of drug-likeness (QED) is 0.524. The molecule has 0 amide bonds. The minimum absolute atomic E-state index is 0.0817. The van der Waals surface area contributed by atoms with E-state index >= 15 is 0 Å². The number of benzene rings is 2. The van der Waals surface area contributed by atoms with E-state index in [0.29, 0.717) is 24.9 Å². The summed E-state index contributed by atoms with van der Waals surface area (Å²) in [7, 11) is 0. The second-order valence-corrected chi connectivity index (χ2v) is 7.54. The number of nitrogens with zero attached hydrogens (tertiary/aromatic N) is 1. The minimum Gasteiger partial charge on any atom is -0.288 e. The number of ketones is 2. The maximum atomic E-state index is 12.6. The number of fused-ring (bicyclic) bond motifs is 2. The molecule has 2 aromatic carbocycles. The Morgan fingerprint density at radius 2 is 1.30 bits per heavy atom. The molecule has 5 heteroatoms. The van der Waals surface area contributed by atoms with Gasteiger partial charge < -0.3 is 0 Å². The van der Waals surface area contributed by atoms with Crippen LogP contribution in [0.1, 0.15) is 36.0 Å². The van der Waals surface area contributed by atoms with Crippen molar-refractivity contribution in [1.82, 2.24) is 0 Å². The first kappa shape index (κ1) is 14.2. The second-order valence-electron chi connectivity index (χ2n) is 5.28. The number of carbonyl (C=O) groups excluding carboxylic acids is 2. The molecule has 1 aliphatic rings. The molecule has 0 unspecified atom stereocenters. The molecule has 1 aliphatic carbocycles. The Bertz CT molecular complexity index is 955. The van der Waals surface area contributed by atoms with Gasteiger partial charge in [0.05, 0.1) is 15.4 Å². The molecule has 23 heavy (non-hydrogen) atoms. The van der Waals surface area contributed by atoms with E-state index in [2.05, 4.69) is 4.99 Å². The summed E-state index contributed by atoms with van der Waals surface area (Å²) in [5.74, 6) is -0.163. The van der Waals surface area contributed by atoms with Crippen LogP contribution in [0.3, 0.4) is 0 Å². The number of aryl methyl sites for hydroxylation is 1. The molecule has 0 aliphatic heterocycles. The topological polar surface area (TPSA) is 46.5 Å². The van der Waals surface area contributed by atoms with Crippen LogP contribution in [0.2, 0.25) is 0 Å². The lowest BCUT2D eigenvalue weighted by molar-refractivity contribution is 0.0985. The lowest BCUT2D eigenvalue weighted by Crippen LogP contribution is -2.17. The lowest BCUT2D eigenvalue weighted by atomic mass is 9.93. The Morgan fingerprint density at radius 3 is 1.83 bits per heavy atom. The van der Waals surface area contributed by atoms with E-state index in [1.807, 2.05) is 31.2 Å². The molecule has 1 aromatic heterocycles. The first-order chi connectivity index (χ1) is 11.1. The van der Waals surface area contributed by atoms with Gasteiger partial charge in [0, 0.05) is 11.1 Å². The largest absolute Gasteiger partial charge is 0.288 e. The molecular weight excluding hydrogens is 326 g/mol. The molecule has 0 radical (unpaired) electrons. The van der Waals surface area contributed by atoms with Crippen LogP contribution < -0.4 is 3.98 Å². The van der Waals surface area contributed by atoms with Crippen LogP contribution in [-0.4, -0.2) is 11.6 Å². The van der Waals surface area contributed by atoms with Crippen molar-refractivity contribution in [1.29, 1.82) is 0 Å². The summed E-state index contributed by atoms with van der Waals surface area (Å²) in [5.41, 5.74) is 2.96. The third-order valence-electron chi connectivity index (χ3n) is 3.67. The molecule has 112 valence electrons. The Kier molecular flexibility index (Phi) is 3.32. The number of rotatable bonds is 1. The number of hydrogen-bond acceptors (Lipinski definition) is 5. The van der Waals surface area contributed by atoms with E-state index in [1.165, 1.54) is 28.2 Å². The summed E-state index contributed by atoms with van der Waals surface area (Å²) in [6.45, 7) is 2.02. The van der Waals surface area contributed by atoms with Crippen molar-refractivity contribution in [2.75, 3.05) is 0 Å². The van der Waals surface area contributed by atoms with Crippen molar-refractivity contribution < 1.29 is 9.59 Å². The summed E-state index contributed by atoms with van der Waals surface area (Å²) >= 11 is 2.58. The summed E-state index contributed by atoms with van der Waals surface area (Å²) in [6, 6.07) is 14.8. The molecule has 0 saturated carbocycles. The molecule has 3 nitrogen and oxygen atoms in total. The van der Waals surface area contributed by atoms with E-state index in [9.17, 15) is 9.59 Å². The van der Waals surface area contributed by atoms with Gasteiger partial charge in [-0.25, -0.2) is 4.99 Å². The third kappa shape index (κ3) is 2.38. The Morgan fingerprint density at radius 1 is 0.783 bits per heavy atom. The van der Waals surface area contributed by atoms with Crippen molar-refractivity contribution >= 4 is 39.9 Å². The summed E-state index contributed by atoms with van der Waals surface area (Å²) in [5, 5.41) is 0. The highest BCUT2D eigenvalue weighted by Gasteiger charge is 2.31. The van der Waals surface area contributed by atoms with Gasteiger partial charge in [-0.3, -0.25) is 9.59 Å². The van der Waals surface area contributed by atoms with Gasteiger partial charge in [0.1, 0.15) is 0 Å². The lowest BCUT2D eigenvalue weighted by Gasteiger charge is -2.12. The molecule has 0 spiro atoms. The molecule has 0 N–H and O–H groups in total. The van der Waals surface area contributed by atoms with Gasteiger partial charge in [-0.2, -0.15) is 0 Å². The maximum Gasteiger partial charge on any atom is 0.205 e. The predicted octanol–water partition coefficient (Wildman–Crippen LogP) is 4.13. The third-order valence-corrected chi connectivity index (χ3v) is 6.02. The van der Waals surface area contributed by atoms with Crippen molar-refractivity contribution in [2.45, 2.75) is 6.92 Å². The van der Waals surface area contributed by atoms with Gasteiger partial charge in [0.2, 0.25) is 11.6 Å². The first-order valence-electron chi connectivity index (χ1n) is 7.07. The predicted molar refractivity (Wildman–Crippen MR) is 91.9 cm³/mol. The average Bonchev–Trinajstić information content (AvgIpc) is 2.99. The SMILES string of the molecule is Cc1ccc(N=c2sc3c(s2)C(=O)c2ccccc2C3=O)cc1. The monoisotopic (exact) mass is 337 g/mol. The van der Waals surface area contributed by atoms with Gasteiger partial charge in [0.15, 0.2) is 3.98 Å². The zero-order valence-corrected chi connectivity index (χ0v) is 13.8. The van der Waals surface area contributed by atoms with E-state index in [1.54, 1.807) is 24.3 Å². The van der Waals surface area contributed by atoms with Gasteiger partial charge in [-0.05, 0) is 19.1 Å². The fraction of sp³-hybridized carbons (Fsp3) is 0.0556. The fourth-order valence-corrected chi connectivity index (χ4v) is 4.83. The van der Waals surface area contributed by atoms with Crippen LogP contribution in [0.4, 0.5) is 5.69 Å². The Hall–Kier alpha value is -2.37. The summed E-state index contributed by atoms with van der Waals surface area (Å²) in [4.78, 5) is 30.7. The van der Waals surface area contributed by atoms with Crippen LogP contribution in [0.15, 0.2) is 53.5 Å². The van der Waals surface area contributed by atoms with Crippen molar-refractivity contribution in [3.8, 4) is 0 Å². The fourth-order valence-electron chi connectivity index (χ4n) is 2.48. The molecular formula is C18H11NO2S2. The Labute approximate surface area is 140 Å². The molecule has 0 bridgehead atoms. The summed E-state index contributed by atoms with van der Waals surface area (Å²) in [6.07, 6.45) is 0. The highest BCUT2D eigenvalue weighted by Crippen LogP contribution is 2.31. The van der Waals surface area contributed by atoms with Crippen LogP contribution in [-0.2, 0) is 0 Å². The van der Waals surface area contributed by atoms with Gasteiger partial charge in [0.25, 0.3) is 0 Å². The maximum absolute atomic E-state index is 12.6. The number of hydrogen-bond donors (Lipinski definition) is 0. The molecule has 0 atom stereocenters. The first-order valence-corrected chi connectivity index (χ1v) is 8.70. The van der Waals surface area contributed by atoms with E-state index in [4.69, 9.17) is 0 Å². The van der Waals surface area contributed by atoms with E-state index < -0.39 is 0 Å². The second kappa shape index (κ2) is 5.37. The van der Waals surface area contributed by atoms with Crippen LogP contribution in [0.5, 0.6) is 0 Å². The zero-order valence-electron chi connectivity index (χ0n) is 12.2. The minimum atomic E-state index is -0.0817. The average molecular weight is 337 g/mol. The van der Waals surface area contributed by atoms with Gasteiger partial charge in [-0.1, -0.05) is 42.0 Å². The van der Waals surface area contributed by atoms with Crippen molar-refractivity contribution in [3.05, 3.63) is 79.0 Å². The van der Waals surface area contributed by atoms with Gasteiger partial charge >= 0.3 is 0 Å². The molecule has 1 heterocycles. The normalized spacial score (nSPS) is 12.7. The van der Waals surface area contributed by atoms with Crippen LogP contribution in [0.25, 0.3) is 0 Å². The summed E-state index contributed by atoms with van der Waals surface area (Å²) < 4.78 is 0.716. The smallest absolute Gasteiger partial charge is 0.205 e. The highest BCUT2D eigenvalue weighted by molar-refractivity contribution is 7.30. The molecule has 4 rings (SSSR count). The van der Waals surface area contributed by atoms with Crippen LogP contribution in [0, 0.1) is 6.92 Å². The Balaban J connectivity index is 1.85. The van der Waals surface area contributed by atoms with Crippen LogP contribution >= 0.6 is 22.7 Å². The number of carbonyl (C=O) groups is 2. The standard InChI is InChI=1S/C18H11NO2S2/c1-10-6-8-11(9-7-10)19-18-22-16-14(20)12-4-2-3-5-13(12)15(21)17(16)23-18/h2-9H,1H3. The van der Waals surface area contributed by atoms with Crippen molar-refractivity contribution in [2.24, 2.45) is 4.99 Å². The molecule has 0 saturated heterocycles. The highest BCUT2D eigenvalue weighted by atomic mass is 32.2. The van der Waals surface area contributed by atoms with E-state index in [-0.39, 0.29) is 11.6 Å². The molecule has 0 fully saturated rings. The molecule has 3 aromatic rings. The van der Waals surface area contributed by atoms with Gasteiger partial charge in [-0.15, -0.1) is 22.7 Å². The van der Waals surface area contributed by atoms with Crippen molar-refractivity contribution in [3.63, 3.8) is 0 Å². The zero-order chi connectivity index (χ0) is 16.0. The van der Waals surface area contributed by atoms with E-state index in [0.717, 1.165) is 5.69 Å².